The second kappa shape index (κ2) is 13.3. The highest BCUT2D eigenvalue weighted by atomic mass is 32.2. The van der Waals surface area contributed by atoms with Crippen molar-refractivity contribution in [2.24, 2.45) is 5.92 Å². The third-order valence-corrected chi connectivity index (χ3v) is 8.04. The van der Waals surface area contributed by atoms with Gasteiger partial charge in [0.25, 0.3) is 0 Å². The summed E-state index contributed by atoms with van der Waals surface area (Å²) in [5.74, 6) is 3.03. The topological polar surface area (TPSA) is 73.8 Å². The zero-order valence-corrected chi connectivity index (χ0v) is 23.7. The summed E-state index contributed by atoms with van der Waals surface area (Å²) in [5, 5.41) is 11.7. The fourth-order valence-electron chi connectivity index (χ4n) is 4.47. The average molecular weight is 515 g/mol. The first kappa shape index (κ1) is 28.2. The van der Waals surface area contributed by atoms with Gasteiger partial charge in [-0.2, -0.15) is 0 Å². The molecule has 1 aliphatic heterocycles. The van der Waals surface area contributed by atoms with Crippen molar-refractivity contribution >= 4 is 29.5 Å². The number of methoxy groups -OCH3 is 1. The molecule has 2 aromatic rings. The van der Waals surface area contributed by atoms with Crippen molar-refractivity contribution in [3.63, 3.8) is 0 Å². The highest BCUT2D eigenvalue weighted by Gasteiger charge is 2.21. The maximum absolute atomic E-state index is 12.6. The van der Waals surface area contributed by atoms with E-state index in [4.69, 9.17) is 4.74 Å². The van der Waals surface area contributed by atoms with E-state index in [0.29, 0.717) is 18.8 Å². The Morgan fingerprint density at radius 1 is 1.06 bits per heavy atom. The molecule has 1 aliphatic rings. The molecule has 0 atom stereocenters. The van der Waals surface area contributed by atoms with E-state index in [2.05, 4.69) is 57.6 Å². The molecule has 36 heavy (non-hydrogen) atoms. The van der Waals surface area contributed by atoms with Gasteiger partial charge in [-0.3, -0.25) is 4.79 Å². The largest absolute Gasteiger partial charge is 0.497 e. The van der Waals surface area contributed by atoms with Gasteiger partial charge in [-0.25, -0.2) is 4.31 Å². The third kappa shape index (κ3) is 8.08. The van der Waals surface area contributed by atoms with Gasteiger partial charge in [0, 0.05) is 31.0 Å². The van der Waals surface area contributed by atoms with E-state index in [0.717, 1.165) is 53.8 Å². The first-order valence-electron chi connectivity index (χ1n) is 12.7. The minimum absolute atomic E-state index is 0.0579. The molecule has 1 fully saturated rings. The summed E-state index contributed by atoms with van der Waals surface area (Å²) in [6, 6.07) is 6.11. The van der Waals surface area contributed by atoms with Gasteiger partial charge in [-0.1, -0.05) is 0 Å². The standard InChI is InChI=1S/C27H42N6O2S/c1-19-16-23(35-7)17-20(2)26(19)36-32(6)13-11-25(34)28-27-21(3)18-24(29-30-27)33-14-9-22(10-15-33)8-12-31(4)5/h16-18,22H,8-15H2,1-7H3,(H,28,30,34). The number of ether oxygens (including phenoxy) is 1. The summed E-state index contributed by atoms with van der Waals surface area (Å²) >= 11 is 1.65. The molecular weight excluding hydrogens is 472 g/mol. The van der Waals surface area contributed by atoms with Crippen molar-refractivity contribution < 1.29 is 9.53 Å². The number of hydrogen-bond donors (Lipinski definition) is 1. The number of nitrogens with one attached hydrogen (secondary N) is 1. The molecule has 0 saturated carbocycles. The van der Waals surface area contributed by atoms with Crippen LogP contribution in [0.3, 0.4) is 0 Å². The number of carbonyl (C=O) groups is 1. The van der Waals surface area contributed by atoms with E-state index in [1.165, 1.54) is 24.2 Å². The molecule has 9 heteroatoms. The maximum atomic E-state index is 12.6. The molecule has 8 nitrogen and oxygen atoms in total. The second-order valence-electron chi connectivity index (χ2n) is 10.1. The number of amides is 1. The van der Waals surface area contributed by atoms with Crippen LogP contribution in [0.25, 0.3) is 0 Å². The van der Waals surface area contributed by atoms with Crippen molar-refractivity contribution in [3.05, 3.63) is 34.9 Å². The van der Waals surface area contributed by atoms with E-state index >= 15 is 0 Å². The van der Waals surface area contributed by atoms with Crippen molar-refractivity contribution in [1.82, 2.24) is 19.4 Å². The number of benzene rings is 1. The Morgan fingerprint density at radius 2 is 1.72 bits per heavy atom. The minimum atomic E-state index is -0.0579. The molecule has 198 valence electrons. The van der Waals surface area contributed by atoms with Gasteiger partial charge in [0.15, 0.2) is 11.6 Å². The number of piperidine rings is 1. The first-order valence-corrected chi connectivity index (χ1v) is 13.5. The van der Waals surface area contributed by atoms with Gasteiger partial charge >= 0.3 is 0 Å². The highest BCUT2D eigenvalue weighted by molar-refractivity contribution is 7.97. The van der Waals surface area contributed by atoms with Crippen molar-refractivity contribution in [2.45, 2.75) is 51.3 Å². The summed E-state index contributed by atoms with van der Waals surface area (Å²) in [4.78, 5) is 18.4. The van der Waals surface area contributed by atoms with Crippen LogP contribution in [0.5, 0.6) is 5.75 Å². The molecule has 3 rings (SSSR count). The number of hydrogen-bond acceptors (Lipinski definition) is 8. The summed E-state index contributed by atoms with van der Waals surface area (Å²) < 4.78 is 7.44. The van der Waals surface area contributed by atoms with Gasteiger partial charge < -0.3 is 19.9 Å². The van der Waals surface area contributed by atoms with Crippen molar-refractivity contribution in [2.75, 3.05) is 64.6 Å². The van der Waals surface area contributed by atoms with E-state index in [-0.39, 0.29) is 5.91 Å². The van der Waals surface area contributed by atoms with Gasteiger partial charge in [0.05, 0.1) is 7.11 Å². The molecule has 0 bridgehead atoms. The smallest absolute Gasteiger partial charge is 0.226 e. The Hall–Kier alpha value is -2.36. The van der Waals surface area contributed by atoms with Crippen LogP contribution in [-0.4, -0.2) is 79.7 Å². The molecule has 0 radical (unpaired) electrons. The zero-order valence-electron chi connectivity index (χ0n) is 22.9. The average Bonchev–Trinajstić information content (AvgIpc) is 2.85. The number of aryl methyl sites for hydroxylation is 3. The molecule has 1 aromatic carbocycles. The predicted octanol–water partition coefficient (Wildman–Crippen LogP) is 4.55. The monoisotopic (exact) mass is 514 g/mol. The lowest BCUT2D eigenvalue weighted by Crippen LogP contribution is -2.35. The van der Waals surface area contributed by atoms with Gasteiger partial charge in [0.2, 0.25) is 5.91 Å². The molecule has 0 unspecified atom stereocenters. The third-order valence-electron chi connectivity index (χ3n) is 6.72. The lowest BCUT2D eigenvalue weighted by Gasteiger charge is -2.33. The molecule has 0 aliphatic carbocycles. The normalized spacial score (nSPS) is 14.5. The fraction of sp³-hybridized carbons (Fsp3) is 0.593. The van der Waals surface area contributed by atoms with Crippen LogP contribution in [0, 0.1) is 26.7 Å². The Kier molecular flexibility index (Phi) is 10.4. The molecule has 1 amide bonds. The van der Waals surface area contributed by atoms with Crippen LogP contribution in [0.15, 0.2) is 23.1 Å². The SMILES string of the molecule is COc1cc(C)c(SN(C)CCC(=O)Nc2nnc(N3CCC(CCN(C)C)CC3)cc2C)c(C)c1. The maximum Gasteiger partial charge on any atom is 0.226 e. The quantitative estimate of drug-likeness (QED) is 0.438. The lowest BCUT2D eigenvalue weighted by atomic mass is 9.93. The summed E-state index contributed by atoms with van der Waals surface area (Å²) in [5.41, 5.74) is 3.27. The number of carbonyl (C=O) groups excluding carboxylic acids is 1. The van der Waals surface area contributed by atoms with E-state index in [9.17, 15) is 4.79 Å². The molecule has 2 heterocycles. The van der Waals surface area contributed by atoms with Gasteiger partial charge in [-0.05, 0) is 120 Å². The summed E-state index contributed by atoms with van der Waals surface area (Å²) in [6.45, 7) is 9.93. The zero-order chi connectivity index (χ0) is 26.2. The molecule has 1 N–H and O–H groups in total. The summed E-state index contributed by atoms with van der Waals surface area (Å²) in [7, 11) is 7.96. The fourth-order valence-corrected chi connectivity index (χ4v) is 5.37. The highest BCUT2D eigenvalue weighted by Crippen LogP contribution is 2.32. The Morgan fingerprint density at radius 3 is 2.31 bits per heavy atom. The molecular formula is C27H42N6O2S. The first-order chi connectivity index (χ1) is 17.2. The van der Waals surface area contributed by atoms with E-state index in [1.807, 2.05) is 32.2 Å². The van der Waals surface area contributed by atoms with Gasteiger partial charge in [0.1, 0.15) is 5.75 Å². The van der Waals surface area contributed by atoms with Crippen LogP contribution in [0.1, 0.15) is 42.4 Å². The van der Waals surface area contributed by atoms with Crippen LogP contribution in [-0.2, 0) is 4.79 Å². The Labute approximate surface area is 220 Å². The molecule has 1 saturated heterocycles. The number of rotatable bonds is 11. The Balaban J connectivity index is 1.47. The van der Waals surface area contributed by atoms with E-state index < -0.39 is 0 Å². The van der Waals surface area contributed by atoms with Crippen LogP contribution in [0.2, 0.25) is 0 Å². The Bertz CT molecular complexity index is 1000. The second-order valence-corrected chi connectivity index (χ2v) is 11.3. The van der Waals surface area contributed by atoms with Crippen molar-refractivity contribution in [3.8, 4) is 5.75 Å². The molecule has 1 aromatic heterocycles. The number of anilines is 2. The summed E-state index contributed by atoms with van der Waals surface area (Å²) in [6.07, 6.45) is 4.01. The van der Waals surface area contributed by atoms with Crippen LogP contribution in [0.4, 0.5) is 11.6 Å². The number of aromatic nitrogens is 2. The minimum Gasteiger partial charge on any atom is -0.497 e. The van der Waals surface area contributed by atoms with E-state index in [1.54, 1.807) is 19.1 Å². The van der Waals surface area contributed by atoms with Crippen LogP contribution < -0.4 is 15.0 Å². The van der Waals surface area contributed by atoms with Crippen LogP contribution >= 0.6 is 11.9 Å². The number of nitrogens with zero attached hydrogens (tertiary/aromatic N) is 5. The molecule has 0 spiro atoms. The lowest BCUT2D eigenvalue weighted by molar-refractivity contribution is -0.116. The predicted molar refractivity (Wildman–Crippen MR) is 149 cm³/mol. The van der Waals surface area contributed by atoms with Crippen molar-refractivity contribution in [1.29, 1.82) is 0 Å². The van der Waals surface area contributed by atoms with Gasteiger partial charge in [-0.15, -0.1) is 10.2 Å².